The molecule has 0 aliphatic rings. The van der Waals surface area contributed by atoms with Gasteiger partial charge in [-0.3, -0.25) is 9.59 Å². The number of hydrogen-bond donors (Lipinski definition) is 0. The monoisotopic (exact) mass is 458 g/mol. The molecule has 158 valence electrons. The predicted octanol–water partition coefficient (Wildman–Crippen LogP) is 6.49. The van der Waals surface area contributed by atoms with Crippen molar-refractivity contribution >= 4 is 27.9 Å². The smallest absolute Gasteiger partial charge is 0.306 e. The summed E-state index contributed by atoms with van der Waals surface area (Å²) in [6.45, 7) is 2.66. The third-order valence-electron chi connectivity index (χ3n) is 4.42. The number of unbranched alkanes of at least 4 members (excludes halogenated alkanes) is 7. The standard InChI is InChI=1S/C22H32BrFO4/c1-2-3-4-5-6-7-8-9-15-27-21(25)11-10-12-22(26)28-17-18-16-19(24)13-14-20(18)23/h13-14,16H,2-12,15,17H2,1H3. The highest BCUT2D eigenvalue weighted by Crippen LogP contribution is 2.19. The molecule has 0 amide bonds. The number of halogens is 2. The first kappa shape index (κ1) is 24.6. The van der Waals surface area contributed by atoms with Crippen LogP contribution in [0.4, 0.5) is 4.39 Å². The Balaban J connectivity index is 2.00. The zero-order valence-corrected chi connectivity index (χ0v) is 18.4. The van der Waals surface area contributed by atoms with E-state index in [0.717, 1.165) is 12.8 Å². The van der Waals surface area contributed by atoms with E-state index in [9.17, 15) is 14.0 Å². The van der Waals surface area contributed by atoms with Gasteiger partial charge in [-0.15, -0.1) is 0 Å². The minimum Gasteiger partial charge on any atom is -0.466 e. The zero-order valence-electron chi connectivity index (χ0n) is 16.8. The van der Waals surface area contributed by atoms with Crippen molar-refractivity contribution in [2.24, 2.45) is 0 Å². The summed E-state index contributed by atoms with van der Waals surface area (Å²) < 4.78 is 24.2. The quantitative estimate of drug-likeness (QED) is 0.222. The van der Waals surface area contributed by atoms with Crippen LogP contribution in [-0.2, 0) is 25.7 Å². The van der Waals surface area contributed by atoms with Crippen LogP contribution in [0.5, 0.6) is 0 Å². The van der Waals surface area contributed by atoms with Crippen LogP contribution in [0.25, 0.3) is 0 Å². The Morgan fingerprint density at radius 1 is 0.893 bits per heavy atom. The van der Waals surface area contributed by atoms with Crippen molar-refractivity contribution < 1.29 is 23.5 Å². The number of carbonyl (C=O) groups is 2. The Bertz CT molecular complexity index is 592. The number of esters is 2. The maximum atomic E-state index is 13.2. The van der Waals surface area contributed by atoms with Gasteiger partial charge in [-0.1, -0.05) is 67.8 Å². The van der Waals surface area contributed by atoms with Gasteiger partial charge in [0.1, 0.15) is 12.4 Å². The van der Waals surface area contributed by atoms with Crippen molar-refractivity contribution in [3.63, 3.8) is 0 Å². The minimum atomic E-state index is -0.410. The minimum absolute atomic E-state index is 0.0000670. The fourth-order valence-electron chi connectivity index (χ4n) is 2.76. The van der Waals surface area contributed by atoms with Gasteiger partial charge in [0.05, 0.1) is 6.61 Å². The van der Waals surface area contributed by atoms with E-state index in [4.69, 9.17) is 9.47 Å². The normalized spacial score (nSPS) is 10.7. The number of carbonyl (C=O) groups excluding carboxylic acids is 2. The lowest BCUT2D eigenvalue weighted by atomic mass is 10.1. The molecule has 0 aliphatic heterocycles. The van der Waals surface area contributed by atoms with E-state index in [1.807, 2.05) is 0 Å². The molecule has 0 radical (unpaired) electrons. The topological polar surface area (TPSA) is 52.6 Å². The van der Waals surface area contributed by atoms with Crippen molar-refractivity contribution in [1.82, 2.24) is 0 Å². The maximum absolute atomic E-state index is 13.2. The SMILES string of the molecule is CCCCCCCCCCOC(=O)CCCC(=O)OCc1cc(F)ccc1Br. The fourth-order valence-corrected chi connectivity index (χ4v) is 3.12. The molecule has 0 saturated heterocycles. The lowest BCUT2D eigenvalue weighted by molar-refractivity contribution is -0.146. The maximum Gasteiger partial charge on any atom is 0.306 e. The molecule has 1 aromatic rings. The zero-order chi connectivity index (χ0) is 20.6. The molecule has 28 heavy (non-hydrogen) atoms. The van der Waals surface area contributed by atoms with Crippen molar-refractivity contribution in [1.29, 1.82) is 0 Å². The van der Waals surface area contributed by atoms with Crippen molar-refractivity contribution in [3.05, 3.63) is 34.1 Å². The molecule has 0 N–H and O–H groups in total. The van der Waals surface area contributed by atoms with E-state index < -0.39 is 5.97 Å². The first-order valence-corrected chi connectivity index (χ1v) is 11.1. The highest BCUT2D eigenvalue weighted by molar-refractivity contribution is 9.10. The molecule has 1 rings (SSSR count). The summed E-state index contributed by atoms with van der Waals surface area (Å²) in [7, 11) is 0. The summed E-state index contributed by atoms with van der Waals surface area (Å²) in [6, 6.07) is 4.22. The summed E-state index contributed by atoms with van der Waals surface area (Å²) in [4.78, 5) is 23.4. The van der Waals surface area contributed by atoms with Crippen molar-refractivity contribution in [3.8, 4) is 0 Å². The van der Waals surface area contributed by atoms with Crippen molar-refractivity contribution in [2.45, 2.75) is 84.2 Å². The van der Waals surface area contributed by atoms with Gasteiger partial charge in [-0.2, -0.15) is 0 Å². The molecular formula is C22H32BrFO4. The number of ether oxygens (including phenoxy) is 2. The van der Waals surface area contributed by atoms with Gasteiger partial charge in [0.25, 0.3) is 0 Å². The van der Waals surface area contributed by atoms with E-state index in [1.165, 1.54) is 50.7 Å². The van der Waals surface area contributed by atoms with Gasteiger partial charge in [-0.05, 0) is 31.0 Å². The highest BCUT2D eigenvalue weighted by Gasteiger charge is 2.09. The first-order chi connectivity index (χ1) is 13.5. The van der Waals surface area contributed by atoms with Gasteiger partial charge in [-0.25, -0.2) is 4.39 Å². The van der Waals surface area contributed by atoms with Gasteiger partial charge in [0.15, 0.2) is 0 Å². The third-order valence-corrected chi connectivity index (χ3v) is 5.19. The molecule has 0 saturated carbocycles. The van der Waals surface area contributed by atoms with Gasteiger partial charge < -0.3 is 9.47 Å². The Labute approximate surface area is 176 Å². The summed E-state index contributed by atoms with van der Waals surface area (Å²) in [5.41, 5.74) is 0.568. The van der Waals surface area contributed by atoms with Gasteiger partial charge in [0, 0.05) is 22.9 Å². The molecule has 4 nitrogen and oxygen atoms in total. The second kappa shape index (κ2) is 15.5. The molecule has 0 unspecified atom stereocenters. The van der Waals surface area contributed by atoms with Crippen LogP contribution >= 0.6 is 15.9 Å². The highest BCUT2D eigenvalue weighted by atomic mass is 79.9. The van der Waals surface area contributed by atoms with Crippen LogP contribution in [0, 0.1) is 5.82 Å². The lowest BCUT2D eigenvalue weighted by Gasteiger charge is -2.07. The molecule has 0 heterocycles. The summed E-state index contributed by atoms with van der Waals surface area (Å²) >= 11 is 3.29. The average molecular weight is 459 g/mol. The molecule has 0 bridgehead atoms. The molecule has 0 atom stereocenters. The molecule has 0 fully saturated rings. The van der Waals surface area contributed by atoms with E-state index in [-0.39, 0.29) is 31.2 Å². The van der Waals surface area contributed by atoms with E-state index >= 15 is 0 Å². The molecule has 0 aliphatic carbocycles. The number of rotatable bonds is 15. The number of benzene rings is 1. The van der Waals surface area contributed by atoms with Gasteiger partial charge >= 0.3 is 11.9 Å². The summed E-state index contributed by atoms with van der Waals surface area (Å²) in [5, 5.41) is 0. The number of hydrogen-bond acceptors (Lipinski definition) is 4. The summed E-state index contributed by atoms with van der Waals surface area (Å²) in [5.74, 6) is -1.07. The van der Waals surface area contributed by atoms with Crippen LogP contribution in [0.15, 0.2) is 22.7 Å². The van der Waals surface area contributed by atoms with E-state index in [2.05, 4.69) is 22.9 Å². The van der Waals surface area contributed by atoms with Crippen LogP contribution < -0.4 is 0 Å². The second-order valence-corrected chi connectivity index (χ2v) is 7.80. The van der Waals surface area contributed by atoms with Gasteiger partial charge in [0.2, 0.25) is 0 Å². The Kier molecular flexibility index (Phi) is 13.6. The van der Waals surface area contributed by atoms with Crippen molar-refractivity contribution in [2.75, 3.05) is 6.61 Å². The molecular weight excluding hydrogens is 427 g/mol. The molecule has 1 aromatic carbocycles. The third kappa shape index (κ3) is 12.1. The Morgan fingerprint density at radius 3 is 2.18 bits per heavy atom. The summed E-state index contributed by atoms with van der Waals surface area (Å²) in [6.07, 6.45) is 10.3. The Morgan fingerprint density at radius 2 is 1.50 bits per heavy atom. The second-order valence-electron chi connectivity index (χ2n) is 6.95. The van der Waals surface area contributed by atoms with Crippen LogP contribution in [0.1, 0.15) is 83.1 Å². The van der Waals surface area contributed by atoms with E-state index in [1.54, 1.807) is 6.07 Å². The van der Waals surface area contributed by atoms with Crippen LogP contribution in [0.3, 0.4) is 0 Å². The molecule has 0 aromatic heterocycles. The lowest BCUT2D eigenvalue weighted by Crippen LogP contribution is -2.09. The average Bonchev–Trinajstić information content (AvgIpc) is 2.67. The first-order valence-electron chi connectivity index (χ1n) is 10.3. The van der Waals surface area contributed by atoms with E-state index in [0.29, 0.717) is 23.1 Å². The fraction of sp³-hybridized carbons (Fsp3) is 0.636. The predicted molar refractivity (Wildman–Crippen MR) is 111 cm³/mol. The van der Waals surface area contributed by atoms with Crippen LogP contribution in [-0.4, -0.2) is 18.5 Å². The Hall–Kier alpha value is -1.43. The molecule has 6 heteroatoms. The van der Waals surface area contributed by atoms with Crippen LogP contribution in [0.2, 0.25) is 0 Å². The largest absolute Gasteiger partial charge is 0.466 e. The molecule has 0 spiro atoms.